The second kappa shape index (κ2) is 9.81. The summed E-state index contributed by atoms with van der Waals surface area (Å²) >= 11 is 0. The van der Waals surface area contributed by atoms with Crippen LogP contribution in [0.25, 0.3) is 0 Å². The standard InChI is InChI=1S/C25H30F3NO3Si/c1-32-15-16-5-8-18(9-6-16)23(29-24(31)19-13-25(27,28)14-19)21(30)12-17-7-10-22(20(26)11-17)33(2,3)4/h5-11,19,23H,12-15H2,1-4H3,(H,29,31)/t23-/m1/s1. The second-order valence-electron chi connectivity index (χ2n) is 9.78. The van der Waals surface area contributed by atoms with Crippen molar-refractivity contribution in [2.45, 2.75) is 57.5 Å². The van der Waals surface area contributed by atoms with E-state index >= 15 is 0 Å². The third kappa shape index (κ3) is 6.32. The van der Waals surface area contributed by atoms with Gasteiger partial charge in [0.1, 0.15) is 11.9 Å². The number of rotatable bonds is 9. The zero-order valence-corrected chi connectivity index (χ0v) is 20.4. The van der Waals surface area contributed by atoms with Gasteiger partial charge in [-0.1, -0.05) is 56.0 Å². The molecule has 0 aromatic heterocycles. The number of ether oxygens (including phenoxy) is 1. The van der Waals surface area contributed by atoms with Crippen LogP contribution in [0.2, 0.25) is 19.6 Å². The number of benzene rings is 2. The Balaban J connectivity index is 1.81. The highest BCUT2D eigenvalue weighted by molar-refractivity contribution is 6.88. The van der Waals surface area contributed by atoms with Gasteiger partial charge in [0, 0.05) is 32.3 Å². The molecule has 4 nitrogen and oxygen atoms in total. The Morgan fingerprint density at radius 2 is 1.70 bits per heavy atom. The molecule has 3 rings (SSSR count). The van der Waals surface area contributed by atoms with Crippen LogP contribution in [-0.4, -0.2) is 32.8 Å². The van der Waals surface area contributed by atoms with Gasteiger partial charge in [-0.05, 0) is 27.9 Å². The molecular formula is C25H30F3NO3Si. The number of nitrogens with one attached hydrogen (secondary N) is 1. The summed E-state index contributed by atoms with van der Waals surface area (Å²) in [7, 11) is -0.289. The van der Waals surface area contributed by atoms with Gasteiger partial charge in [-0.25, -0.2) is 13.2 Å². The molecule has 8 heteroatoms. The number of methoxy groups -OCH3 is 1. The van der Waals surface area contributed by atoms with Gasteiger partial charge in [-0.2, -0.15) is 0 Å². The lowest BCUT2D eigenvalue weighted by Gasteiger charge is -2.34. The van der Waals surface area contributed by atoms with E-state index in [9.17, 15) is 22.8 Å². The summed E-state index contributed by atoms with van der Waals surface area (Å²) in [5, 5.41) is 3.34. The lowest BCUT2D eigenvalue weighted by atomic mass is 9.80. The van der Waals surface area contributed by atoms with Crippen LogP contribution >= 0.6 is 0 Å². The number of alkyl halides is 2. The van der Waals surface area contributed by atoms with Crippen LogP contribution in [0.1, 0.15) is 35.6 Å². The molecule has 0 spiro atoms. The molecule has 2 aromatic carbocycles. The first-order valence-electron chi connectivity index (χ1n) is 11.0. The Morgan fingerprint density at radius 3 is 2.21 bits per heavy atom. The first-order chi connectivity index (χ1) is 15.4. The monoisotopic (exact) mass is 477 g/mol. The van der Waals surface area contributed by atoms with E-state index in [1.807, 2.05) is 19.6 Å². The molecule has 1 amide bonds. The first-order valence-corrected chi connectivity index (χ1v) is 14.5. The molecule has 1 fully saturated rings. The molecule has 0 aliphatic heterocycles. The predicted molar refractivity (Wildman–Crippen MR) is 124 cm³/mol. The molecule has 178 valence electrons. The molecular weight excluding hydrogens is 447 g/mol. The second-order valence-corrected chi connectivity index (χ2v) is 14.8. The molecule has 1 atom stereocenters. The van der Waals surface area contributed by atoms with E-state index in [1.54, 1.807) is 43.5 Å². The maximum absolute atomic E-state index is 14.7. The maximum Gasteiger partial charge on any atom is 0.249 e. The average Bonchev–Trinajstić information content (AvgIpc) is 2.70. The average molecular weight is 478 g/mol. The predicted octanol–water partition coefficient (Wildman–Crippen LogP) is 4.53. The minimum atomic E-state index is -2.83. The summed E-state index contributed by atoms with van der Waals surface area (Å²) in [4.78, 5) is 25.8. The molecule has 1 saturated carbocycles. The van der Waals surface area contributed by atoms with Gasteiger partial charge in [0.2, 0.25) is 11.8 Å². The number of hydrogen-bond acceptors (Lipinski definition) is 3. The van der Waals surface area contributed by atoms with Crippen molar-refractivity contribution in [3.63, 3.8) is 0 Å². The molecule has 2 aromatic rings. The van der Waals surface area contributed by atoms with E-state index in [0.717, 1.165) is 5.56 Å². The van der Waals surface area contributed by atoms with E-state index in [0.29, 0.717) is 22.9 Å². The van der Waals surface area contributed by atoms with E-state index < -0.39 is 44.7 Å². The quantitative estimate of drug-likeness (QED) is 0.540. The Bertz CT molecular complexity index is 1010. The lowest BCUT2D eigenvalue weighted by Crippen LogP contribution is -2.47. The molecule has 33 heavy (non-hydrogen) atoms. The van der Waals surface area contributed by atoms with Crippen LogP contribution in [0.3, 0.4) is 0 Å². The SMILES string of the molecule is COCc1ccc([C@@H](NC(=O)C2CC(F)(F)C2)C(=O)Cc2ccc([Si](C)(C)C)c(F)c2)cc1. The highest BCUT2D eigenvalue weighted by Crippen LogP contribution is 2.42. The fraction of sp³-hybridized carbons (Fsp3) is 0.440. The van der Waals surface area contributed by atoms with Crippen LogP contribution in [0, 0.1) is 11.7 Å². The number of Topliss-reactive ketones (excluding diaryl/α,β-unsaturated/α-hetero) is 1. The van der Waals surface area contributed by atoms with Gasteiger partial charge in [0.15, 0.2) is 5.78 Å². The van der Waals surface area contributed by atoms with Gasteiger partial charge in [-0.15, -0.1) is 0 Å². The summed E-state index contributed by atoms with van der Waals surface area (Å²) in [5.74, 6) is -4.90. The summed E-state index contributed by atoms with van der Waals surface area (Å²) in [5.41, 5.74) is 1.94. The van der Waals surface area contributed by atoms with Gasteiger partial charge in [-0.3, -0.25) is 9.59 Å². The molecule has 0 heterocycles. The van der Waals surface area contributed by atoms with Crippen molar-refractivity contribution in [3.05, 3.63) is 65.0 Å². The van der Waals surface area contributed by atoms with Crippen molar-refractivity contribution in [1.82, 2.24) is 5.32 Å². The van der Waals surface area contributed by atoms with E-state index in [-0.39, 0.29) is 18.0 Å². The number of carbonyl (C=O) groups is 2. The van der Waals surface area contributed by atoms with Crippen molar-refractivity contribution in [1.29, 1.82) is 0 Å². The molecule has 0 unspecified atom stereocenters. The summed E-state index contributed by atoms with van der Waals surface area (Å²) in [6.45, 7) is 6.52. The Hall–Kier alpha value is -2.45. The number of ketones is 1. The van der Waals surface area contributed by atoms with E-state index in [2.05, 4.69) is 5.32 Å². The highest BCUT2D eigenvalue weighted by atomic mass is 28.3. The van der Waals surface area contributed by atoms with Gasteiger partial charge < -0.3 is 10.1 Å². The van der Waals surface area contributed by atoms with Crippen molar-refractivity contribution >= 4 is 25.0 Å². The van der Waals surface area contributed by atoms with Gasteiger partial charge in [0.05, 0.1) is 14.7 Å². The summed E-state index contributed by atoms with van der Waals surface area (Å²) in [6.07, 6.45) is -1.12. The largest absolute Gasteiger partial charge is 0.380 e. The first kappa shape index (κ1) is 25.2. The van der Waals surface area contributed by atoms with Crippen LogP contribution in [0.4, 0.5) is 13.2 Å². The van der Waals surface area contributed by atoms with E-state index in [4.69, 9.17) is 4.74 Å². The Kier molecular flexibility index (Phi) is 7.48. The zero-order chi connectivity index (χ0) is 24.4. The van der Waals surface area contributed by atoms with Crippen LogP contribution in [0.15, 0.2) is 42.5 Å². The van der Waals surface area contributed by atoms with Crippen molar-refractivity contribution in [3.8, 4) is 0 Å². The fourth-order valence-electron chi connectivity index (χ4n) is 4.01. The molecule has 0 saturated heterocycles. The Labute approximate surface area is 193 Å². The highest BCUT2D eigenvalue weighted by Gasteiger charge is 2.49. The third-order valence-corrected chi connectivity index (χ3v) is 7.93. The minimum absolute atomic E-state index is 0.0888. The fourth-order valence-corrected chi connectivity index (χ4v) is 5.38. The number of halogens is 3. The van der Waals surface area contributed by atoms with Crippen molar-refractivity contribution in [2.24, 2.45) is 5.92 Å². The number of hydrogen-bond donors (Lipinski definition) is 1. The molecule has 1 N–H and O–H groups in total. The zero-order valence-electron chi connectivity index (χ0n) is 19.4. The van der Waals surface area contributed by atoms with Crippen molar-refractivity contribution < 1.29 is 27.5 Å². The van der Waals surface area contributed by atoms with Crippen LogP contribution in [0.5, 0.6) is 0 Å². The topological polar surface area (TPSA) is 55.4 Å². The van der Waals surface area contributed by atoms with E-state index in [1.165, 1.54) is 6.07 Å². The number of carbonyl (C=O) groups excluding carboxylic acids is 2. The van der Waals surface area contributed by atoms with Crippen molar-refractivity contribution in [2.75, 3.05) is 7.11 Å². The third-order valence-electron chi connectivity index (χ3n) is 5.91. The molecule has 1 aliphatic rings. The lowest BCUT2D eigenvalue weighted by molar-refractivity contribution is -0.151. The summed E-state index contributed by atoms with van der Waals surface area (Å²) < 4.78 is 46.2. The molecule has 1 aliphatic carbocycles. The molecule has 0 radical (unpaired) electrons. The van der Waals surface area contributed by atoms with Crippen LogP contribution < -0.4 is 10.5 Å². The molecule has 0 bridgehead atoms. The Morgan fingerprint density at radius 1 is 1.09 bits per heavy atom. The van der Waals surface area contributed by atoms with Gasteiger partial charge in [0.25, 0.3) is 0 Å². The normalized spacial score (nSPS) is 16.7. The summed E-state index contributed by atoms with van der Waals surface area (Å²) in [6, 6.07) is 10.8. The minimum Gasteiger partial charge on any atom is -0.380 e. The van der Waals surface area contributed by atoms with Gasteiger partial charge >= 0.3 is 0 Å². The number of amides is 1. The smallest absolute Gasteiger partial charge is 0.249 e. The van der Waals surface area contributed by atoms with Crippen LogP contribution in [-0.2, 0) is 27.4 Å². The maximum atomic E-state index is 14.7.